The lowest BCUT2D eigenvalue weighted by Crippen LogP contribution is -2.53. The number of nitrogens with zero attached hydrogens (tertiary/aromatic N) is 2. The molecule has 0 N–H and O–H groups in total. The van der Waals surface area contributed by atoms with E-state index in [1.807, 2.05) is 0 Å². The van der Waals surface area contributed by atoms with E-state index in [0.717, 1.165) is 44.9 Å². The fourth-order valence-corrected chi connectivity index (χ4v) is 13.2. The van der Waals surface area contributed by atoms with Crippen LogP contribution in [0.4, 0.5) is 13.2 Å². The molecule has 2 saturated heterocycles. The molecule has 2 aliphatic heterocycles. The molecule has 49 heavy (non-hydrogen) atoms. The highest BCUT2D eigenvalue weighted by Crippen LogP contribution is 2.45. The van der Waals surface area contributed by atoms with Gasteiger partial charge < -0.3 is 9.64 Å². The van der Waals surface area contributed by atoms with E-state index in [1.54, 1.807) is 41.4 Å². The molecule has 6 atom stereocenters. The van der Waals surface area contributed by atoms with Crippen LogP contribution in [0.15, 0.2) is 59.1 Å². The highest BCUT2D eigenvalue weighted by molar-refractivity contribution is 7.99. The molecule has 1 amide bonds. The Kier molecular flexibility index (Phi) is 12.7. The highest BCUT2D eigenvalue weighted by Gasteiger charge is 2.58. The van der Waals surface area contributed by atoms with Crippen LogP contribution in [0.25, 0.3) is 0 Å². The van der Waals surface area contributed by atoms with Crippen LogP contribution < -0.4 is 0 Å². The largest absolute Gasteiger partial charge is 0.395 e. The molecule has 0 spiro atoms. The highest BCUT2D eigenvalue weighted by atomic mass is 32.2. The van der Waals surface area contributed by atoms with Crippen LogP contribution in [0.1, 0.15) is 71.1 Å². The summed E-state index contributed by atoms with van der Waals surface area (Å²) in [6, 6.07) is 0. The maximum Gasteiger partial charge on any atom is 0.395 e. The Morgan fingerprint density at radius 3 is 2.39 bits per heavy atom. The van der Waals surface area contributed by atoms with Crippen molar-refractivity contribution in [3.05, 3.63) is 59.1 Å². The summed E-state index contributed by atoms with van der Waals surface area (Å²) in [7, 11) is -7.79. The number of alkyl halides is 3. The molecule has 8 nitrogen and oxygen atoms in total. The van der Waals surface area contributed by atoms with Crippen molar-refractivity contribution < 1.29 is 39.5 Å². The summed E-state index contributed by atoms with van der Waals surface area (Å²) in [5, 5.41) is -2.17. The van der Waals surface area contributed by atoms with E-state index in [1.165, 1.54) is 12.2 Å². The normalized spacial score (nSPS) is 30.2. The summed E-state index contributed by atoms with van der Waals surface area (Å²) < 4.78 is 102. The zero-order valence-corrected chi connectivity index (χ0v) is 30.0. The molecule has 0 radical (unpaired) electrons. The molecule has 3 aliphatic carbocycles. The number of carbonyl (C=O) groups excluding carboxylic acids is 1. The number of piperazine rings is 1. The van der Waals surface area contributed by atoms with Gasteiger partial charge >= 0.3 is 6.18 Å². The summed E-state index contributed by atoms with van der Waals surface area (Å²) in [6.07, 6.45) is 15.0. The van der Waals surface area contributed by atoms with E-state index < -0.39 is 66.0 Å². The van der Waals surface area contributed by atoms with Crippen LogP contribution in [-0.2, 0) is 29.2 Å². The quantitative estimate of drug-likeness (QED) is 0.204. The summed E-state index contributed by atoms with van der Waals surface area (Å²) >= 11 is 0. The summed E-state index contributed by atoms with van der Waals surface area (Å²) in [4.78, 5) is 18.0. The molecule has 13 heteroatoms. The number of carbonyl (C=O) groups is 1. The Morgan fingerprint density at radius 2 is 1.69 bits per heavy atom. The first-order chi connectivity index (χ1) is 23.3. The van der Waals surface area contributed by atoms with Crippen molar-refractivity contribution >= 4 is 25.6 Å². The van der Waals surface area contributed by atoms with Gasteiger partial charge in [0.25, 0.3) is 5.91 Å². The second-order valence-electron chi connectivity index (χ2n) is 14.0. The van der Waals surface area contributed by atoms with Crippen molar-refractivity contribution in [2.45, 2.75) is 93.9 Å². The molecule has 2 fully saturated rings. The van der Waals surface area contributed by atoms with E-state index in [0.29, 0.717) is 51.1 Å². The standard InChI is InChI=1S/C36H51F3N2O6S2/c1-2-3-4-5-6-12-25-47-34-29(17-18-31-33(34)32(26-48(31,43)44)49(45,46)28-14-8-7-9-15-28)35(42)41-23-21-40(22-24-41)20-19-27-13-10-11-16-30(27)36(37,38)39/h8,10-11,13-17,27,30-34H,2-7,9,12,18-26H2,1H3. The maximum atomic E-state index is 14.1. The van der Waals surface area contributed by atoms with Crippen LogP contribution in [0, 0.1) is 17.8 Å². The molecule has 274 valence electrons. The zero-order valence-electron chi connectivity index (χ0n) is 28.4. The van der Waals surface area contributed by atoms with E-state index in [9.17, 15) is 34.8 Å². The minimum Gasteiger partial charge on any atom is -0.373 e. The number of fused-ring (bicyclic) bond motifs is 1. The lowest BCUT2D eigenvalue weighted by atomic mass is 9.82. The lowest BCUT2D eigenvalue weighted by molar-refractivity contribution is -0.171. The molecule has 5 rings (SSSR count). The first-order valence-corrected chi connectivity index (χ1v) is 21.2. The maximum absolute atomic E-state index is 14.1. The number of ether oxygens (including phenoxy) is 1. The first kappa shape index (κ1) is 38.0. The minimum atomic E-state index is -4.31. The number of hydrogen-bond donors (Lipinski definition) is 0. The smallest absolute Gasteiger partial charge is 0.373 e. The number of amides is 1. The monoisotopic (exact) mass is 728 g/mol. The third-order valence-corrected chi connectivity index (χ3v) is 15.4. The fraction of sp³-hybridized carbons (Fsp3) is 0.694. The molecule has 5 aliphatic rings. The number of allylic oxidation sites excluding steroid dienone is 8. The topological polar surface area (TPSA) is 101 Å². The van der Waals surface area contributed by atoms with Crippen molar-refractivity contribution in [2.75, 3.05) is 45.1 Å². The van der Waals surface area contributed by atoms with Crippen molar-refractivity contribution in [1.82, 2.24) is 9.80 Å². The van der Waals surface area contributed by atoms with Gasteiger partial charge in [0, 0.05) is 44.3 Å². The second-order valence-corrected chi connectivity index (χ2v) is 18.4. The molecule has 2 heterocycles. The molecule has 0 aromatic carbocycles. The fourth-order valence-electron chi connectivity index (χ4n) is 7.95. The van der Waals surface area contributed by atoms with Gasteiger partial charge in [0.05, 0.1) is 33.2 Å². The van der Waals surface area contributed by atoms with Crippen LogP contribution in [0.5, 0.6) is 0 Å². The van der Waals surface area contributed by atoms with Crippen LogP contribution in [-0.4, -0.2) is 100 Å². The Labute approximate surface area is 290 Å². The van der Waals surface area contributed by atoms with Gasteiger partial charge in [0.2, 0.25) is 0 Å². The van der Waals surface area contributed by atoms with Gasteiger partial charge in [-0.1, -0.05) is 81.6 Å². The third-order valence-electron chi connectivity index (χ3n) is 10.7. The molecule has 0 bridgehead atoms. The molecule has 0 aromatic heterocycles. The predicted octanol–water partition coefficient (Wildman–Crippen LogP) is 5.95. The average Bonchev–Trinajstić information content (AvgIpc) is 3.38. The molecule has 0 aromatic rings. The van der Waals surface area contributed by atoms with Crippen molar-refractivity contribution in [2.24, 2.45) is 17.8 Å². The summed E-state index contributed by atoms with van der Waals surface area (Å²) in [6.45, 7) is 4.59. The van der Waals surface area contributed by atoms with E-state index in [4.69, 9.17) is 4.74 Å². The van der Waals surface area contributed by atoms with Gasteiger partial charge in [-0.05, 0) is 50.6 Å². The van der Waals surface area contributed by atoms with Crippen LogP contribution in [0.2, 0.25) is 0 Å². The molecular weight excluding hydrogens is 678 g/mol. The lowest BCUT2D eigenvalue weighted by Gasteiger charge is -2.40. The number of sulfone groups is 2. The Balaban J connectivity index is 1.29. The summed E-state index contributed by atoms with van der Waals surface area (Å²) in [5.41, 5.74) is 0.318. The Hall–Kier alpha value is -2.22. The third kappa shape index (κ3) is 8.99. The average molecular weight is 729 g/mol. The van der Waals surface area contributed by atoms with Crippen LogP contribution in [0.3, 0.4) is 0 Å². The van der Waals surface area contributed by atoms with Crippen molar-refractivity contribution in [3.63, 3.8) is 0 Å². The van der Waals surface area contributed by atoms with Gasteiger partial charge in [-0.25, -0.2) is 16.8 Å². The van der Waals surface area contributed by atoms with Gasteiger partial charge in [-0.15, -0.1) is 0 Å². The number of unbranched alkanes of at least 4 members (excludes halogenated alkanes) is 5. The van der Waals surface area contributed by atoms with Gasteiger partial charge in [-0.2, -0.15) is 13.2 Å². The van der Waals surface area contributed by atoms with E-state index in [-0.39, 0.29) is 23.8 Å². The van der Waals surface area contributed by atoms with Gasteiger partial charge in [0.15, 0.2) is 19.7 Å². The Bertz CT molecular complexity index is 1540. The zero-order chi connectivity index (χ0) is 35.2. The SMILES string of the molecule is CCCCCCCCOC1C(C(=O)N2CCN(CCC3C=CC=CC3C(F)(F)F)CC2)=CCC2C1C(S(=O)(=O)C1=CCCC=C1)CS2(=O)=O. The Morgan fingerprint density at radius 1 is 0.980 bits per heavy atom. The van der Waals surface area contributed by atoms with E-state index in [2.05, 4.69) is 11.8 Å². The number of halogens is 3. The molecule has 6 unspecified atom stereocenters. The van der Waals surface area contributed by atoms with Gasteiger partial charge in [-0.3, -0.25) is 9.69 Å². The number of hydrogen-bond acceptors (Lipinski definition) is 7. The number of rotatable bonds is 14. The van der Waals surface area contributed by atoms with Gasteiger partial charge in [0.1, 0.15) is 0 Å². The molecular formula is C36H51F3N2O6S2. The predicted molar refractivity (Wildman–Crippen MR) is 185 cm³/mol. The second kappa shape index (κ2) is 16.4. The first-order valence-electron chi connectivity index (χ1n) is 17.9. The van der Waals surface area contributed by atoms with Crippen LogP contribution >= 0.6 is 0 Å². The molecule has 0 saturated carbocycles. The van der Waals surface area contributed by atoms with Crippen molar-refractivity contribution in [1.29, 1.82) is 0 Å². The van der Waals surface area contributed by atoms with E-state index >= 15 is 0 Å². The minimum absolute atomic E-state index is 0.0511. The summed E-state index contributed by atoms with van der Waals surface area (Å²) in [5.74, 6) is -3.84. The van der Waals surface area contributed by atoms with Crippen molar-refractivity contribution in [3.8, 4) is 0 Å².